The molecule has 0 radical (unpaired) electrons. The minimum atomic E-state index is -0.787. The average molecular weight is 463 g/mol. The molecule has 6 nitrogen and oxygen atoms in total. The Balaban J connectivity index is 1.15. The largest absolute Gasteiger partial charge is 0.490 e. The smallest absolute Gasteiger partial charge is 0.194 e. The minimum absolute atomic E-state index is 0.0986. The van der Waals surface area contributed by atoms with E-state index in [0.717, 1.165) is 21.8 Å². The average Bonchev–Trinajstić information content (AvgIpc) is 3.28. The molecule has 1 unspecified atom stereocenters. The van der Waals surface area contributed by atoms with E-state index in [1.807, 2.05) is 42.5 Å². The molecule has 5 aromatic rings. The number of hydrogen-bond donors (Lipinski definition) is 3. The highest BCUT2D eigenvalue weighted by atomic mass is 16.5. The molecule has 172 valence electrons. The summed E-state index contributed by atoms with van der Waals surface area (Å²) in [7, 11) is 0. The lowest BCUT2D eigenvalue weighted by atomic mass is 9.84. The van der Waals surface area contributed by atoms with Crippen LogP contribution in [-0.4, -0.2) is 40.9 Å². The van der Waals surface area contributed by atoms with Crippen LogP contribution in [0.15, 0.2) is 84.9 Å². The first kappa shape index (κ1) is 21.1. The molecule has 0 amide bonds. The number of benzene rings is 4. The lowest BCUT2D eigenvalue weighted by Gasteiger charge is -2.19. The summed E-state index contributed by atoms with van der Waals surface area (Å²) >= 11 is 0. The molecule has 35 heavy (non-hydrogen) atoms. The Kier molecular flexibility index (Phi) is 5.08. The van der Waals surface area contributed by atoms with Crippen LogP contribution >= 0.6 is 0 Å². The number of para-hydroxylation sites is 1. The van der Waals surface area contributed by atoms with Crippen molar-refractivity contribution in [1.29, 1.82) is 0 Å². The number of hydrogen-bond acceptors (Lipinski definition) is 5. The van der Waals surface area contributed by atoms with Gasteiger partial charge in [-0.05, 0) is 36.4 Å². The summed E-state index contributed by atoms with van der Waals surface area (Å²) in [6.07, 6.45) is -0.787. The molecule has 0 spiro atoms. The second kappa shape index (κ2) is 8.42. The molecular weight excluding hydrogens is 440 g/mol. The van der Waals surface area contributed by atoms with E-state index in [-0.39, 0.29) is 24.7 Å². The van der Waals surface area contributed by atoms with Crippen LogP contribution in [0.4, 0.5) is 5.69 Å². The topological polar surface area (TPSA) is 91.4 Å². The first-order chi connectivity index (χ1) is 17.1. The molecule has 0 bridgehead atoms. The van der Waals surface area contributed by atoms with Gasteiger partial charge in [0.05, 0.1) is 5.52 Å². The Bertz CT molecular complexity index is 1620. The molecule has 0 fully saturated rings. The summed E-state index contributed by atoms with van der Waals surface area (Å²) in [5.41, 5.74) is 4.29. The van der Waals surface area contributed by atoms with Crippen LogP contribution in [0.5, 0.6) is 5.75 Å². The van der Waals surface area contributed by atoms with Crippen LogP contribution in [0.25, 0.3) is 21.8 Å². The number of aromatic nitrogens is 1. The number of carbonyl (C=O) groups is 2. The summed E-state index contributed by atoms with van der Waals surface area (Å²) < 4.78 is 5.99. The Morgan fingerprint density at radius 1 is 0.771 bits per heavy atom. The van der Waals surface area contributed by atoms with E-state index in [2.05, 4.69) is 10.3 Å². The zero-order valence-corrected chi connectivity index (χ0v) is 18.7. The number of aliphatic hydroxyl groups excluding tert-OH is 1. The van der Waals surface area contributed by atoms with Gasteiger partial charge < -0.3 is 20.1 Å². The van der Waals surface area contributed by atoms with Crippen LogP contribution < -0.4 is 10.1 Å². The number of carbonyl (C=O) groups excluding carboxylic acids is 2. The van der Waals surface area contributed by atoms with Crippen molar-refractivity contribution in [3.63, 3.8) is 0 Å². The maximum atomic E-state index is 12.9. The number of H-pyrrole nitrogens is 1. The van der Waals surface area contributed by atoms with Crippen LogP contribution in [0.3, 0.4) is 0 Å². The fourth-order valence-electron chi connectivity index (χ4n) is 4.68. The predicted octanol–water partition coefficient (Wildman–Crippen LogP) is 4.95. The van der Waals surface area contributed by atoms with Gasteiger partial charge in [-0.2, -0.15) is 0 Å². The van der Waals surface area contributed by atoms with Gasteiger partial charge in [-0.3, -0.25) is 9.59 Å². The maximum absolute atomic E-state index is 12.9. The van der Waals surface area contributed by atoms with E-state index in [9.17, 15) is 14.7 Å². The Labute approximate surface area is 201 Å². The molecule has 1 aromatic heterocycles. The molecule has 0 saturated heterocycles. The monoisotopic (exact) mass is 462 g/mol. The standard InChI is InChI=1S/C29H22N2O4/c32-18(16-35-26-11-5-10-25-27(26)22-8-3-4-9-24(22)31-25)15-30-17-12-13-21-23(14-17)29(34)20-7-2-1-6-19(20)28(21)33/h1-14,18,30-32H,15-16H2. The van der Waals surface area contributed by atoms with E-state index >= 15 is 0 Å². The number of nitrogens with one attached hydrogen (secondary N) is 2. The third kappa shape index (κ3) is 3.64. The summed E-state index contributed by atoms with van der Waals surface area (Å²) in [6.45, 7) is 0.322. The Hall–Kier alpha value is -4.42. The molecule has 6 rings (SSSR count). The fraction of sp³-hybridized carbons (Fsp3) is 0.103. The third-order valence-corrected chi connectivity index (χ3v) is 6.39. The minimum Gasteiger partial charge on any atom is -0.490 e. The number of aliphatic hydroxyl groups is 1. The number of anilines is 1. The highest BCUT2D eigenvalue weighted by Crippen LogP contribution is 2.33. The van der Waals surface area contributed by atoms with E-state index in [4.69, 9.17) is 4.74 Å². The number of rotatable bonds is 6. The zero-order chi connectivity index (χ0) is 23.9. The quantitative estimate of drug-likeness (QED) is 0.326. The molecular formula is C29H22N2O4. The second-order valence-electron chi connectivity index (χ2n) is 8.66. The van der Waals surface area contributed by atoms with Gasteiger partial charge in [0.25, 0.3) is 0 Å². The molecule has 0 saturated carbocycles. The van der Waals surface area contributed by atoms with Crippen LogP contribution in [-0.2, 0) is 0 Å². The Morgan fingerprint density at radius 2 is 1.46 bits per heavy atom. The maximum Gasteiger partial charge on any atom is 0.194 e. The summed E-state index contributed by atoms with van der Waals surface area (Å²) in [5, 5.41) is 15.8. The van der Waals surface area contributed by atoms with E-state index in [0.29, 0.717) is 33.7 Å². The van der Waals surface area contributed by atoms with Crippen molar-refractivity contribution in [3.8, 4) is 5.75 Å². The molecule has 1 atom stereocenters. The van der Waals surface area contributed by atoms with Crippen LogP contribution in [0, 0.1) is 0 Å². The molecule has 1 heterocycles. The molecule has 0 aliphatic heterocycles. The number of ether oxygens (including phenoxy) is 1. The second-order valence-corrected chi connectivity index (χ2v) is 8.66. The summed E-state index contributed by atoms with van der Waals surface area (Å²) in [4.78, 5) is 29.1. The van der Waals surface area contributed by atoms with Gasteiger partial charge in [-0.15, -0.1) is 0 Å². The van der Waals surface area contributed by atoms with Gasteiger partial charge in [0, 0.05) is 50.8 Å². The number of fused-ring (bicyclic) bond motifs is 5. The van der Waals surface area contributed by atoms with Crippen molar-refractivity contribution in [2.45, 2.75) is 6.10 Å². The lowest BCUT2D eigenvalue weighted by Crippen LogP contribution is -2.27. The van der Waals surface area contributed by atoms with E-state index in [1.165, 1.54) is 0 Å². The van der Waals surface area contributed by atoms with Gasteiger partial charge in [-0.25, -0.2) is 0 Å². The molecule has 3 N–H and O–H groups in total. The van der Waals surface area contributed by atoms with Gasteiger partial charge >= 0.3 is 0 Å². The number of ketones is 2. The Morgan fingerprint density at radius 3 is 2.29 bits per heavy atom. The SMILES string of the molecule is O=C1c2ccccc2C(=O)c2cc(NCC(O)COc3cccc4[nH]c5ccccc5c34)ccc21. The highest BCUT2D eigenvalue weighted by Gasteiger charge is 2.29. The number of aromatic amines is 1. The predicted molar refractivity (Wildman–Crippen MR) is 136 cm³/mol. The van der Waals surface area contributed by atoms with Crippen molar-refractivity contribution in [2.24, 2.45) is 0 Å². The molecule has 1 aliphatic carbocycles. The molecule has 6 heteroatoms. The van der Waals surface area contributed by atoms with Crippen LogP contribution in [0.2, 0.25) is 0 Å². The first-order valence-corrected chi connectivity index (χ1v) is 11.5. The van der Waals surface area contributed by atoms with Gasteiger partial charge in [0.1, 0.15) is 18.5 Å². The van der Waals surface area contributed by atoms with Gasteiger partial charge in [0.15, 0.2) is 11.6 Å². The summed E-state index contributed by atoms with van der Waals surface area (Å²) in [5.74, 6) is 0.381. The van der Waals surface area contributed by atoms with Crippen molar-refractivity contribution < 1.29 is 19.4 Å². The molecule has 1 aliphatic rings. The highest BCUT2D eigenvalue weighted by molar-refractivity contribution is 6.28. The molecule has 4 aromatic carbocycles. The van der Waals surface area contributed by atoms with Crippen molar-refractivity contribution in [2.75, 3.05) is 18.5 Å². The lowest BCUT2D eigenvalue weighted by molar-refractivity contribution is 0.0979. The normalized spacial score (nSPS) is 13.5. The van der Waals surface area contributed by atoms with E-state index < -0.39 is 6.10 Å². The van der Waals surface area contributed by atoms with Crippen LogP contribution in [0.1, 0.15) is 31.8 Å². The van der Waals surface area contributed by atoms with Crippen molar-refractivity contribution >= 4 is 39.1 Å². The van der Waals surface area contributed by atoms with Crippen molar-refractivity contribution in [1.82, 2.24) is 4.98 Å². The van der Waals surface area contributed by atoms with Crippen molar-refractivity contribution in [3.05, 3.63) is 107 Å². The zero-order valence-electron chi connectivity index (χ0n) is 18.7. The van der Waals surface area contributed by atoms with E-state index in [1.54, 1.807) is 42.5 Å². The fourth-order valence-corrected chi connectivity index (χ4v) is 4.68. The third-order valence-electron chi connectivity index (χ3n) is 6.39. The van der Waals surface area contributed by atoms with Gasteiger partial charge in [-0.1, -0.05) is 48.5 Å². The van der Waals surface area contributed by atoms with Gasteiger partial charge in [0.2, 0.25) is 0 Å². The summed E-state index contributed by atoms with van der Waals surface area (Å²) in [6, 6.07) is 25.8. The first-order valence-electron chi connectivity index (χ1n) is 11.5.